The molecule has 1 unspecified atom stereocenters. The predicted octanol–water partition coefficient (Wildman–Crippen LogP) is 1.82. The molecule has 4 nitrogen and oxygen atoms in total. The Balaban J connectivity index is 1.75. The minimum absolute atomic E-state index is 0.261. The lowest BCUT2D eigenvalue weighted by Crippen LogP contribution is -2.13. The van der Waals surface area contributed by atoms with Gasteiger partial charge in [0.2, 0.25) is 0 Å². The van der Waals surface area contributed by atoms with Gasteiger partial charge < -0.3 is 14.7 Å². The van der Waals surface area contributed by atoms with E-state index in [1.54, 1.807) is 6.20 Å². The number of aliphatic hydroxyl groups excluding tert-OH is 1. The highest BCUT2D eigenvalue weighted by atomic mass is 16.3. The zero-order chi connectivity index (χ0) is 11.7. The first-order valence-electron chi connectivity index (χ1n) is 6.19. The van der Waals surface area contributed by atoms with Gasteiger partial charge in [0.1, 0.15) is 5.82 Å². The van der Waals surface area contributed by atoms with E-state index in [0.29, 0.717) is 0 Å². The van der Waals surface area contributed by atoms with Crippen molar-refractivity contribution in [1.29, 1.82) is 0 Å². The van der Waals surface area contributed by atoms with Crippen molar-refractivity contribution in [2.24, 2.45) is 0 Å². The van der Waals surface area contributed by atoms with Crippen LogP contribution in [0.2, 0.25) is 0 Å². The molecule has 0 radical (unpaired) electrons. The Bertz CT molecular complexity index is 487. The molecule has 2 heterocycles. The first-order valence-corrected chi connectivity index (χ1v) is 6.19. The zero-order valence-electron chi connectivity index (χ0n) is 9.76. The predicted molar refractivity (Wildman–Crippen MR) is 64.6 cm³/mol. The van der Waals surface area contributed by atoms with Crippen LogP contribution in [0.25, 0.3) is 0 Å². The monoisotopic (exact) mass is 231 g/mol. The first-order chi connectivity index (χ1) is 8.34. The van der Waals surface area contributed by atoms with Crippen LogP contribution in [0.15, 0.2) is 24.7 Å². The molecule has 0 fully saturated rings. The number of aromatic nitrogens is 3. The smallest absolute Gasteiger partial charge is 0.107 e. The molecule has 0 saturated carbocycles. The van der Waals surface area contributed by atoms with E-state index in [9.17, 15) is 5.11 Å². The van der Waals surface area contributed by atoms with Crippen LogP contribution < -0.4 is 0 Å². The fraction of sp³-hybridized carbons (Fsp3) is 0.462. The summed E-state index contributed by atoms with van der Waals surface area (Å²) < 4.78 is 2.25. The molecule has 0 aliphatic heterocycles. The van der Waals surface area contributed by atoms with Crippen LogP contribution in [0, 0.1) is 0 Å². The van der Waals surface area contributed by atoms with Crippen LogP contribution in [0.1, 0.15) is 36.0 Å². The molecule has 0 bridgehead atoms. The second kappa shape index (κ2) is 4.37. The van der Waals surface area contributed by atoms with E-state index in [0.717, 1.165) is 43.6 Å². The Kier molecular flexibility index (Phi) is 2.73. The van der Waals surface area contributed by atoms with E-state index in [1.807, 2.05) is 6.20 Å². The summed E-state index contributed by atoms with van der Waals surface area (Å²) in [5, 5.41) is 9.90. The quantitative estimate of drug-likeness (QED) is 0.846. The van der Waals surface area contributed by atoms with Crippen LogP contribution >= 0.6 is 0 Å². The number of aromatic amines is 1. The molecule has 4 heteroatoms. The third-order valence-corrected chi connectivity index (χ3v) is 3.51. The lowest BCUT2D eigenvalue weighted by atomic mass is 9.95. The summed E-state index contributed by atoms with van der Waals surface area (Å²) in [5.74, 6) is 1.02. The largest absolute Gasteiger partial charge is 0.388 e. The molecule has 17 heavy (non-hydrogen) atoms. The Morgan fingerprint density at radius 2 is 2.47 bits per heavy atom. The van der Waals surface area contributed by atoms with E-state index in [2.05, 4.69) is 26.8 Å². The maximum atomic E-state index is 9.90. The number of aryl methyl sites for hydroxylation is 2. The zero-order valence-corrected chi connectivity index (χ0v) is 9.76. The molecular weight excluding hydrogens is 214 g/mol. The van der Waals surface area contributed by atoms with Gasteiger partial charge >= 0.3 is 0 Å². The van der Waals surface area contributed by atoms with Gasteiger partial charge in [-0.05, 0) is 25.3 Å². The summed E-state index contributed by atoms with van der Waals surface area (Å²) in [4.78, 5) is 7.34. The number of aliphatic hydroxyl groups is 1. The Hall–Kier alpha value is -1.55. The molecule has 0 spiro atoms. The van der Waals surface area contributed by atoms with Gasteiger partial charge in [-0.25, -0.2) is 4.98 Å². The van der Waals surface area contributed by atoms with Crippen molar-refractivity contribution in [2.75, 3.05) is 0 Å². The Labute approximate surface area is 100 Å². The van der Waals surface area contributed by atoms with E-state index < -0.39 is 0 Å². The minimum atomic E-state index is -0.261. The van der Waals surface area contributed by atoms with Crippen molar-refractivity contribution in [3.05, 3.63) is 41.7 Å². The minimum Gasteiger partial charge on any atom is -0.388 e. The lowest BCUT2D eigenvalue weighted by Gasteiger charge is -2.20. The van der Waals surface area contributed by atoms with Crippen molar-refractivity contribution in [2.45, 2.75) is 38.3 Å². The van der Waals surface area contributed by atoms with Crippen molar-refractivity contribution in [3.63, 3.8) is 0 Å². The summed E-state index contributed by atoms with van der Waals surface area (Å²) in [7, 11) is 0. The van der Waals surface area contributed by atoms with E-state index in [-0.39, 0.29) is 6.10 Å². The molecule has 90 valence electrons. The average molecular weight is 231 g/mol. The lowest BCUT2D eigenvalue weighted by molar-refractivity contribution is 0.155. The molecule has 0 saturated heterocycles. The van der Waals surface area contributed by atoms with Crippen LogP contribution in [0.4, 0.5) is 0 Å². The van der Waals surface area contributed by atoms with E-state index in [4.69, 9.17) is 0 Å². The number of nitrogens with one attached hydrogen (secondary N) is 1. The summed E-state index contributed by atoms with van der Waals surface area (Å²) in [6.45, 7) is 0.926. The normalized spacial score (nSPS) is 19.2. The highest BCUT2D eigenvalue weighted by Gasteiger charge is 2.20. The highest BCUT2D eigenvalue weighted by molar-refractivity contribution is 5.27. The molecule has 0 amide bonds. The molecule has 0 aromatic carbocycles. The maximum Gasteiger partial charge on any atom is 0.107 e. The number of hydrogen-bond donors (Lipinski definition) is 2. The molecule has 3 rings (SSSR count). The second-order valence-corrected chi connectivity index (χ2v) is 4.61. The number of rotatable bonds is 3. The molecule has 2 aromatic rings. The fourth-order valence-electron chi connectivity index (χ4n) is 2.60. The van der Waals surface area contributed by atoms with Crippen molar-refractivity contribution < 1.29 is 5.11 Å². The van der Waals surface area contributed by atoms with Gasteiger partial charge in [-0.2, -0.15) is 0 Å². The van der Waals surface area contributed by atoms with Crippen molar-refractivity contribution >= 4 is 0 Å². The van der Waals surface area contributed by atoms with E-state index >= 15 is 0 Å². The van der Waals surface area contributed by atoms with E-state index in [1.165, 1.54) is 5.69 Å². The van der Waals surface area contributed by atoms with Crippen LogP contribution in [0.3, 0.4) is 0 Å². The average Bonchev–Trinajstić information content (AvgIpc) is 2.95. The Morgan fingerprint density at radius 3 is 3.29 bits per heavy atom. The summed E-state index contributed by atoms with van der Waals surface area (Å²) in [6.07, 6.45) is 9.43. The topological polar surface area (TPSA) is 53.8 Å². The first kappa shape index (κ1) is 10.6. The van der Waals surface area contributed by atoms with Gasteiger partial charge in [-0.15, -0.1) is 0 Å². The summed E-state index contributed by atoms with van der Waals surface area (Å²) in [6, 6.07) is 2.06. The van der Waals surface area contributed by atoms with Crippen LogP contribution in [-0.2, 0) is 19.4 Å². The van der Waals surface area contributed by atoms with Gasteiger partial charge in [-0.3, -0.25) is 0 Å². The molecular formula is C13H17N3O. The van der Waals surface area contributed by atoms with Crippen molar-refractivity contribution in [3.8, 4) is 0 Å². The SMILES string of the molecule is OC1CCCc2c1ccn2CCc1ncc[nH]1. The summed E-state index contributed by atoms with van der Waals surface area (Å²) in [5.41, 5.74) is 2.42. The third-order valence-electron chi connectivity index (χ3n) is 3.51. The number of fused-ring (bicyclic) bond motifs is 1. The molecule has 2 aromatic heterocycles. The molecule has 1 aliphatic carbocycles. The third kappa shape index (κ3) is 2.00. The van der Waals surface area contributed by atoms with Gasteiger partial charge in [0.15, 0.2) is 0 Å². The molecule has 1 aliphatic rings. The van der Waals surface area contributed by atoms with Gasteiger partial charge in [0.05, 0.1) is 6.10 Å². The fourth-order valence-corrected chi connectivity index (χ4v) is 2.60. The highest BCUT2D eigenvalue weighted by Crippen LogP contribution is 2.30. The van der Waals surface area contributed by atoms with Crippen molar-refractivity contribution in [1.82, 2.24) is 14.5 Å². The molecule has 2 N–H and O–H groups in total. The number of hydrogen-bond acceptors (Lipinski definition) is 2. The molecule has 1 atom stereocenters. The van der Waals surface area contributed by atoms with Crippen LogP contribution in [-0.4, -0.2) is 19.6 Å². The standard InChI is InChI=1S/C13H17N3O/c17-12-3-1-2-11-10(12)4-8-16(11)9-5-13-14-6-7-15-13/h4,6-8,12,17H,1-3,5,9H2,(H,14,15). The maximum absolute atomic E-state index is 9.90. The second-order valence-electron chi connectivity index (χ2n) is 4.61. The summed E-state index contributed by atoms with van der Waals surface area (Å²) >= 11 is 0. The van der Waals surface area contributed by atoms with Gasteiger partial charge in [-0.1, -0.05) is 0 Å². The van der Waals surface area contributed by atoms with Crippen LogP contribution in [0.5, 0.6) is 0 Å². The Morgan fingerprint density at radius 1 is 1.53 bits per heavy atom. The number of H-pyrrole nitrogens is 1. The number of nitrogens with zero attached hydrogens (tertiary/aromatic N) is 2. The number of imidazole rings is 1. The van der Waals surface area contributed by atoms with Gasteiger partial charge in [0, 0.05) is 42.8 Å². The van der Waals surface area contributed by atoms with Gasteiger partial charge in [0.25, 0.3) is 0 Å².